The van der Waals surface area contributed by atoms with Crippen LogP contribution in [0, 0.1) is 17.8 Å². The van der Waals surface area contributed by atoms with Crippen molar-refractivity contribution in [3.05, 3.63) is 24.3 Å². The minimum Gasteiger partial charge on any atom is -0.394 e. The molecule has 3 fully saturated rings. The van der Waals surface area contributed by atoms with Crippen molar-refractivity contribution < 1.29 is 24.2 Å². The van der Waals surface area contributed by atoms with Crippen LogP contribution < -0.4 is 15.5 Å². The lowest BCUT2D eigenvalue weighted by Crippen LogP contribution is -2.57. The number of aliphatic hydroxyl groups is 1. The van der Waals surface area contributed by atoms with Gasteiger partial charge in [0.05, 0.1) is 30.1 Å². The zero-order valence-electron chi connectivity index (χ0n) is 22.2. The van der Waals surface area contributed by atoms with Crippen LogP contribution in [0.3, 0.4) is 0 Å². The number of nitrogens with zero attached hydrogens (tertiary/aromatic N) is 2. The van der Waals surface area contributed by atoms with Crippen LogP contribution in [0.4, 0.5) is 11.4 Å². The summed E-state index contributed by atoms with van der Waals surface area (Å²) in [5.41, 5.74) is -0.247. The fourth-order valence-corrected chi connectivity index (χ4v) is 6.75. The summed E-state index contributed by atoms with van der Waals surface area (Å²) in [7, 11) is 1.55. The summed E-state index contributed by atoms with van der Waals surface area (Å²) in [5, 5.41) is 15.9. The van der Waals surface area contributed by atoms with Crippen molar-refractivity contribution >= 4 is 29.1 Å². The van der Waals surface area contributed by atoms with Crippen LogP contribution in [0.5, 0.6) is 0 Å². The predicted molar refractivity (Wildman–Crippen MR) is 137 cm³/mol. The maximum Gasteiger partial charge on any atom is 0.250 e. The van der Waals surface area contributed by atoms with Crippen LogP contribution in [0.2, 0.25) is 0 Å². The van der Waals surface area contributed by atoms with E-state index in [0.717, 1.165) is 18.8 Å². The van der Waals surface area contributed by atoms with Gasteiger partial charge in [0.15, 0.2) is 0 Å². The van der Waals surface area contributed by atoms with Crippen molar-refractivity contribution in [2.24, 2.45) is 17.8 Å². The van der Waals surface area contributed by atoms with Crippen LogP contribution in [-0.2, 0) is 19.1 Å². The molecule has 2 unspecified atom stereocenters. The van der Waals surface area contributed by atoms with Crippen LogP contribution in [0.25, 0.3) is 0 Å². The Hall–Kier alpha value is -2.65. The highest BCUT2D eigenvalue weighted by atomic mass is 16.5. The van der Waals surface area contributed by atoms with Gasteiger partial charge in [-0.05, 0) is 63.8 Å². The third kappa shape index (κ3) is 3.87. The van der Waals surface area contributed by atoms with Gasteiger partial charge in [0, 0.05) is 31.5 Å². The minimum absolute atomic E-state index is 0.0935. The zero-order chi connectivity index (χ0) is 26.4. The maximum absolute atomic E-state index is 14.0. The van der Waals surface area contributed by atoms with E-state index < -0.39 is 35.1 Å². The number of nitrogens with one attached hydrogen (secondary N) is 2. The highest BCUT2D eigenvalue weighted by Gasteiger charge is 2.78. The van der Waals surface area contributed by atoms with E-state index in [1.165, 1.54) is 4.90 Å². The highest BCUT2D eigenvalue weighted by Crippen LogP contribution is 2.63. The molecule has 3 N–H and O–H groups in total. The van der Waals surface area contributed by atoms with E-state index in [-0.39, 0.29) is 30.2 Å². The highest BCUT2D eigenvalue weighted by molar-refractivity contribution is 6.04. The first-order chi connectivity index (χ1) is 17.1. The number of hydrogen-bond donors (Lipinski definition) is 3. The molecule has 2 bridgehead atoms. The number of rotatable bonds is 9. The van der Waals surface area contributed by atoms with Gasteiger partial charge in [-0.1, -0.05) is 13.8 Å². The van der Waals surface area contributed by atoms with Gasteiger partial charge in [-0.15, -0.1) is 0 Å². The van der Waals surface area contributed by atoms with Crippen LogP contribution in [-0.4, -0.2) is 77.8 Å². The number of hydrogen-bond acceptors (Lipinski definition) is 6. The molecular weight excluding hydrogens is 460 g/mol. The van der Waals surface area contributed by atoms with Gasteiger partial charge in [0.25, 0.3) is 0 Å². The summed E-state index contributed by atoms with van der Waals surface area (Å²) in [6.07, 6.45) is 1.08. The zero-order valence-corrected chi connectivity index (χ0v) is 22.2. The molecule has 36 heavy (non-hydrogen) atoms. The number of aliphatic hydroxyl groups excluding tert-OH is 1. The Labute approximate surface area is 213 Å². The molecule has 0 radical (unpaired) electrons. The number of likely N-dealkylation sites (tertiary alicyclic amines) is 1. The van der Waals surface area contributed by atoms with E-state index in [9.17, 15) is 19.5 Å². The molecule has 3 aliphatic heterocycles. The van der Waals surface area contributed by atoms with E-state index in [1.54, 1.807) is 7.05 Å². The molecule has 3 aliphatic rings. The van der Waals surface area contributed by atoms with Crippen molar-refractivity contribution in [3.63, 3.8) is 0 Å². The summed E-state index contributed by atoms with van der Waals surface area (Å²) in [5.74, 6) is -2.47. The molecule has 0 saturated carbocycles. The molecule has 0 aromatic heterocycles. The van der Waals surface area contributed by atoms with Gasteiger partial charge in [-0.3, -0.25) is 14.4 Å². The Morgan fingerprint density at radius 2 is 1.81 bits per heavy atom. The Kier molecular flexibility index (Phi) is 7.09. The average molecular weight is 501 g/mol. The molecule has 1 aromatic carbocycles. The van der Waals surface area contributed by atoms with Crippen molar-refractivity contribution in [1.29, 1.82) is 0 Å². The number of fused-ring (bicyclic) bond motifs is 1. The molecule has 6 atom stereocenters. The topological polar surface area (TPSA) is 111 Å². The van der Waals surface area contributed by atoms with Crippen LogP contribution in [0.1, 0.15) is 47.5 Å². The monoisotopic (exact) mass is 500 g/mol. The summed E-state index contributed by atoms with van der Waals surface area (Å²) < 4.78 is 6.56. The van der Waals surface area contributed by atoms with Crippen LogP contribution in [0.15, 0.2) is 24.3 Å². The van der Waals surface area contributed by atoms with E-state index in [0.29, 0.717) is 18.5 Å². The summed E-state index contributed by atoms with van der Waals surface area (Å²) in [6.45, 7) is 11.4. The number of benzene rings is 1. The number of carbonyl (C=O) groups is 3. The van der Waals surface area contributed by atoms with Crippen LogP contribution >= 0.6 is 0 Å². The first-order valence-corrected chi connectivity index (χ1v) is 13.1. The summed E-state index contributed by atoms with van der Waals surface area (Å²) in [4.78, 5) is 44.6. The fourth-order valence-electron chi connectivity index (χ4n) is 6.75. The smallest absolute Gasteiger partial charge is 0.250 e. The number of anilines is 2. The molecule has 0 aliphatic carbocycles. The fraction of sp³-hybridized carbons (Fsp3) is 0.667. The number of ether oxygens (including phenoxy) is 1. The molecule has 1 spiro atoms. The molecular formula is C27H40N4O5. The number of carbonyl (C=O) groups excluding carboxylic acids is 3. The minimum atomic E-state index is -1.11. The second kappa shape index (κ2) is 9.67. The first-order valence-electron chi connectivity index (χ1n) is 13.1. The summed E-state index contributed by atoms with van der Waals surface area (Å²) in [6, 6.07) is 6.12. The predicted octanol–water partition coefficient (Wildman–Crippen LogP) is 2.00. The number of amides is 3. The second-order valence-electron chi connectivity index (χ2n) is 10.8. The molecule has 4 rings (SSSR count). The Morgan fingerprint density at radius 1 is 1.17 bits per heavy atom. The maximum atomic E-state index is 14.0. The third-order valence-corrected chi connectivity index (χ3v) is 8.57. The van der Waals surface area contributed by atoms with E-state index >= 15 is 0 Å². The van der Waals surface area contributed by atoms with Gasteiger partial charge in [0.1, 0.15) is 11.6 Å². The lowest BCUT2D eigenvalue weighted by Gasteiger charge is -2.38. The van der Waals surface area contributed by atoms with Crippen molar-refractivity contribution in [3.8, 4) is 0 Å². The molecule has 9 heteroatoms. The van der Waals surface area contributed by atoms with Gasteiger partial charge >= 0.3 is 0 Å². The normalized spacial score (nSPS) is 31.5. The van der Waals surface area contributed by atoms with E-state index in [4.69, 9.17) is 4.74 Å². The Bertz CT molecular complexity index is 1010. The Morgan fingerprint density at radius 3 is 2.33 bits per heavy atom. The molecule has 3 heterocycles. The molecule has 1 aromatic rings. The molecule has 198 valence electrons. The van der Waals surface area contributed by atoms with Crippen molar-refractivity contribution in [1.82, 2.24) is 10.2 Å². The van der Waals surface area contributed by atoms with Gasteiger partial charge < -0.3 is 30.3 Å². The molecule has 9 nitrogen and oxygen atoms in total. The Balaban J connectivity index is 1.71. The van der Waals surface area contributed by atoms with Gasteiger partial charge in [-0.2, -0.15) is 0 Å². The summed E-state index contributed by atoms with van der Waals surface area (Å²) >= 11 is 0. The SMILES string of the molecule is CCN(CC)c1ccc(NC(=O)C2N([C@@H](CO)C(C)C)C(=O)[C@@H]3[C@H](C(=O)NC)[C@]4(C)CCC23O4)cc1. The van der Waals surface area contributed by atoms with E-state index in [2.05, 4.69) is 29.4 Å². The van der Waals surface area contributed by atoms with Gasteiger partial charge in [0.2, 0.25) is 17.7 Å². The lowest BCUT2D eigenvalue weighted by atomic mass is 9.66. The average Bonchev–Trinajstić information content (AvgIpc) is 3.42. The standard InChI is InChI=1S/C27H40N4O5/c1-7-30(8-2)18-11-9-17(10-12-18)29-24(34)22-27-14-13-26(5,36-27)20(23(33)28-6)21(27)25(35)31(22)19(15-32)16(3)4/h9-12,16,19-22,32H,7-8,13-15H2,1-6H3,(H,28,33)(H,29,34)/t19-,20+,21-,22?,26-,27?/m0/s1. The molecule has 3 amide bonds. The van der Waals surface area contributed by atoms with Gasteiger partial charge in [-0.25, -0.2) is 0 Å². The third-order valence-electron chi connectivity index (χ3n) is 8.57. The molecule has 3 saturated heterocycles. The largest absolute Gasteiger partial charge is 0.394 e. The van der Waals surface area contributed by atoms with E-state index in [1.807, 2.05) is 45.0 Å². The lowest BCUT2D eigenvalue weighted by molar-refractivity contribution is -0.149. The second-order valence-corrected chi connectivity index (χ2v) is 10.8. The van der Waals surface area contributed by atoms with Crippen molar-refractivity contribution in [2.45, 2.75) is 70.7 Å². The first kappa shape index (κ1) is 26.4. The van der Waals surface area contributed by atoms with Crippen molar-refractivity contribution in [2.75, 3.05) is 37.0 Å². The quantitative estimate of drug-likeness (QED) is 0.478.